The van der Waals surface area contributed by atoms with Crippen molar-refractivity contribution in [3.8, 4) is 34.1 Å². The zero-order chi connectivity index (χ0) is 16.2. The fraction of sp³-hybridized carbons (Fsp3) is 0.333. The molecule has 0 unspecified atom stereocenters. The lowest BCUT2D eigenvalue weighted by atomic mass is 10.00. The molecule has 23 heavy (non-hydrogen) atoms. The van der Waals surface area contributed by atoms with Crippen LogP contribution in [-0.2, 0) is 6.54 Å². The summed E-state index contributed by atoms with van der Waals surface area (Å²) < 4.78 is 22.3. The Morgan fingerprint density at radius 2 is 1.83 bits per heavy atom. The largest absolute Gasteiger partial charge is 0.493 e. The first-order chi connectivity index (χ1) is 11.3. The minimum atomic E-state index is 0.630. The lowest BCUT2D eigenvalue weighted by Gasteiger charge is -2.17. The average Bonchev–Trinajstić information content (AvgIpc) is 2.85. The van der Waals surface area contributed by atoms with E-state index in [9.17, 15) is 0 Å². The van der Waals surface area contributed by atoms with Gasteiger partial charge in [0, 0.05) is 24.2 Å². The van der Waals surface area contributed by atoms with Crippen LogP contribution in [0.1, 0.15) is 5.56 Å². The summed E-state index contributed by atoms with van der Waals surface area (Å²) >= 11 is 0. The lowest BCUT2D eigenvalue weighted by Crippen LogP contribution is -2.16. The van der Waals surface area contributed by atoms with E-state index in [2.05, 4.69) is 11.4 Å². The number of benzene rings is 2. The van der Waals surface area contributed by atoms with Crippen molar-refractivity contribution >= 4 is 0 Å². The fourth-order valence-corrected chi connectivity index (χ4v) is 2.82. The third-order valence-corrected chi connectivity index (χ3v) is 3.91. The molecule has 5 nitrogen and oxygen atoms in total. The number of ether oxygens (including phenoxy) is 4. The van der Waals surface area contributed by atoms with Crippen LogP contribution in [0.2, 0.25) is 0 Å². The number of fused-ring (bicyclic) bond motifs is 1. The van der Waals surface area contributed by atoms with E-state index in [4.69, 9.17) is 18.9 Å². The van der Waals surface area contributed by atoms with E-state index in [1.165, 1.54) is 0 Å². The van der Waals surface area contributed by atoms with Gasteiger partial charge in [0.2, 0.25) is 0 Å². The van der Waals surface area contributed by atoms with Gasteiger partial charge in [0.25, 0.3) is 0 Å². The minimum Gasteiger partial charge on any atom is -0.493 e. The van der Waals surface area contributed by atoms with Gasteiger partial charge in [-0.2, -0.15) is 0 Å². The molecule has 1 aliphatic rings. The molecule has 1 heterocycles. The van der Waals surface area contributed by atoms with Gasteiger partial charge < -0.3 is 24.3 Å². The highest BCUT2D eigenvalue weighted by atomic mass is 16.5. The molecular weight excluding hydrogens is 294 g/mol. The lowest BCUT2D eigenvalue weighted by molar-refractivity contribution is 0.301. The minimum absolute atomic E-state index is 0.630. The number of hydrogen-bond donors (Lipinski definition) is 1. The molecule has 5 heteroatoms. The van der Waals surface area contributed by atoms with Crippen LogP contribution < -0.4 is 24.3 Å². The van der Waals surface area contributed by atoms with Crippen LogP contribution in [0.15, 0.2) is 30.3 Å². The summed E-state index contributed by atoms with van der Waals surface area (Å²) in [6, 6.07) is 9.92. The number of hydrogen-bond acceptors (Lipinski definition) is 5. The standard InChI is InChI=1S/C18H21NO4/c1-20-15-6-4-5-14(18(15)22-3)12-9-13-11-19-7-8-23-17(13)16(10-12)21-2/h4-6,9-10,19H,7-8,11H2,1-3H3. The van der Waals surface area contributed by atoms with Gasteiger partial charge in [-0.3, -0.25) is 0 Å². The molecular formula is C18H21NO4. The Morgan fingerprint density at radius 1 is 1.00 bits per heavy atom. The van der Waals surface area contributed by atoms with Crippen molar-refractivity contribution in [2.75, 3.05) is 34.5 Å². The maximum atomic E-state index is 5.82. The molecule has 0 fully saturated rings. The molecule has 2 aromatic carbocycles. The van der Waals surface area contributed by atoms with Crippen molar-refractivity contribution < 1.29 is 18.9 Å². The van der Waals surface area contributed by atoms with E-state index in [1.54, 1.807) is 21.3 Å². The van der Waals surface area contributed by atoms with E-state index in [-0.39, 0.29) is 0 Å². The summed E-state index contributed by atoms with van der Waals surface area (Å²) in [7, 11) is 4.94. The molecule has 122 valence electrons. The molecule has 0 bridgehead atoms. The maximum Gasteiger partial charge on any atom is 0.168 e. The van der Waals surface area contributed by atoms with Crippen molar-refractivity contribution in [1.82, 2.24) is 5.32 Å². The van der Waals surface area contributed by atoms with Crippen LogP contribution >= 0.6 is 0 Å². The molecule has 1 N–H and O–H groups in total. The van der Waals surface area contributed by atoms with Gasteiger partial charge in [-0.15, -0.1) is 0 Å². The topological polar surface area (TPSA) is 49.0 Å². The second-order valence-corrected chi connectivity index (χ2v) is 5.23. The number of para-hydroxylation sites is 1. The molecule has 3 rings (SSSR count). The van der Waals surface area contributed by atoms with Gasteiger partial charge in [-0.1, -0.05) is 12.1 Å². The molecule has 0 atom stereocenters. The molecule has 0 aromatic heterocycles. The molecule has 1 aliphatic heterocycles. The smallest absolute Gasteiger partial charge is 0.168 e. The highest BCUT2D eigenvalue weighted by molar-refractivity contribution is 5.76. The highest BCUT2D eigenvalue weighted by Gasteiger charge is 2.19. The van der Waals surface area contributed by atoms with Gasteiger partial charge in [-0.05, 0) is 23.8 Å². The SMILES string of the molecule is COc1cc(-c2cccc(OC)c2OC)cc2c1OCCNC2. The van der Waals surface area contributed by atoms with Crippen LogP contribution in [0.25, 0.3) is 11.1 Å². The van der Waals surface area contributed by atoms with Gasteiger partial charge in [-0.25, -0.2) is 0 Å². The third-order valence-electron chi connectivity index (χ3n) is 3.91. The molecule has 0 saturated carbocycles. The first-order valence-corrected chi connectivity index (χ1v) is 7.54. The molecule has 0 amide bonds. The van der Waals surface area contributed by atoms with E-state index >= 15 is 0 Å². The van der Waals surface area contributed by atoms with Gasteiger partial charge >= 0.3 is 0 Å². The summed E-state index contributed by atoms with van der Waals surface area (Å²) in [5.74, 6) is 2.95. The van der Waals surface area contributed by atoms with Gasteiger partial charge in [0.1, 0.15) is 6.61 Å². The third kappa shape index (κ3) is 2.92. The van der Waals surface area contributed by atoms with Crippen molar-refractivity contribution in [2.24, 2.45) is 0 Å². The normalized spacial score (nSPS) is 13.5. The van der Waals surface area contributed by atoms with Crippen molar-refractivity contribution in [2.45, 2.75) is 6.54 Å². The van der Waals surface area contributed by atoms with E-state index in [0.29, 0.717) is 18.1 Å². The Bertz CT molecular complexity index is 700. The summed E-state index contributed by atoms with van der Waals surface area (Å²) in [6.45, 7) is 2.19. The Hall–Kier alpha value is -2.40. The average molecular weight is 315 g/mol. The summed E-state index contributed by atoms with van der Waals surface area (Å²) in [6.07, 6.45) is 0. The molecule has 0 aliphatic carbocycles. The predicted molar refractivity (Wildman–Crippen MR) is 88.7 cm³/mol. The summed E-state index contributed by atoms with van der Waals surface area (Å²) in [4.78, 5) is 0. The van der Waals surface area contributed by atoms with Crippen LogP contribution in [-0.4, -0.2) is 34.5 Å². The van der Waals surface area contributed by atoms with Crippen LogP contribution in [0.5, 0.6) is 23.0 Å². The zero-order valence-corrected chi connectivity index (χ0v) is 13.6. The summed E-state index contributed by atoms with van der Waals surface area (Å²) in [5, 5.41) is 3.35. The Labute approximate surface area is 136 Å². The zero-order valence-electron chi connectivity index (χ0n) is 13.6. The Morgan fingerprint density at radius 3 is 2.57 bits per heavy atom. The predicted octanol–water partition coefficient (Wildman–Crippen LogP) is 2.86. The molecule has 0 spiro atoms. The van der Waals surface area contributed by atoms with Crippen molar-refractivity contribution in [1.29, 1.82) is 0 Å². The van der Waals surface area contributed by atoms with Crippen LogP contribution in [0.4, 0.5) is 0 Å². The fourth-order valence-electron chi connectivity index (χ4n) is 2.82. The Balaban J connectivity index is 2.16. The second-order valence-electron chi connectivity index (χ2n) is 5.23. The first kappa shape index (κ1) is 15.5. The number of nitrogens with one attached hydrogen (secondary N) is 1. The van der Waals surface area contributed by atoms with Crippen molar-refractivity contribution in [3.05, 3.63) is 35.9 Å². The highest BCUT2D eigenvalue weighted by Crippen LogP contribution is 2.42. The number of methoxy groups -OCH3 is 3. The van der Waals surface area contributed by atoms with Crippen LogP contribution in [0.3, 0.4) is 0 Å². The quantitative estimate of drug-likeness (QED) is 0.940. The van der Waals surface area contributed by atoms with E-state index < -0.39 is 0 Å². The summed E-state index contributed by atoms with van der Waals surface area (Å²) in [5.41, 5.74) is 3.03. The van der Waals surface area contributed by atoms with Gasteiger partial charge in [0.05, 0.1) is 21.3 Å². The Kier molecular flexibility index (Phi) is 4.57. The maximum absolute atomic E-state index is 5.82. The van der Waals surface area contributed by atoms with Gasteiger partial charge in [0.15, 0.2) is 23.0 Å². The molecule has 2 aromatic rings. The van der Waals surface area contributed by atoms with E-state index in [0.717, 1.165) is 41.3 Å². The van der Waals surface area contributed by atoms with Crippen LogP contribution in [0, 0.1) is 0 Å². The van der Waals surface area contributed by atoms with Crippen molar-refractivity contribution in [3.63, 3.8) is 0 Å². The monoisotopic (exact) mass is 315 g/mol. The molecule has 0 saturated heterocycles. The van der Waals surface area contributed by atoms with E-state index in [1.807, 2.05) is 24.3 Å². The first-order valence-electron chi connectivity index (χ1n) is 7.54. The molecule has 0 radical (unpaired) electrons. The second kappa shape index (κ2) is 6.79. The number of rotatable bonds is 4.